The third-order valence-electron chi connectivity index (χ3n) is 2.75. The molecule has 2 aromatic rings. The number of rotatable bonds is 4. The zero-order chi connectivity index (χ0) is 14.7. The van der Waals surface area contributed by atoms with Crippen LogP contribution in [0.2, 0.25) is 0 Å². The molecule has 1 aromatic carbocycles. The molecule has 0 bridgehead atoms. The van der Waals surface area contributed by atoms with E-state index < -0.39 is 10.7 Å². The van der Waals surface area contributed by atoms with Crippen molar-refractivity contribution in [3.05, 3.63) is 51.8 Å². The number of hydrogen-bond donors (Lipinski definition) is 2. The van der Waals surface area contributed by atoms with E-state index in [4.69, 9.17) is 0 Å². The molecule has 0 aliphatic heterocycles. The molecule has 2 N–H and O–H groups in total. The van der Waals surface area contributed by atoms with Gasteiger partial charge in [0.05, 0.1) is 22.7 Å². The van der Waals surface area contributed by atoms with Crippen LogP contribution >= 0.6 is 0 Å². The van der Waals surface area contributed by atoms with Crippen LogP contribution in [0.4, 0.5) is 27.4 Å². The molecule has 0 saturated heterocycles. The van der Waals surface area contributed by atoms with Crippen LogP contribution in [0, 0.1) is 22.9 Å². The lowest BCUT2D eigenvalue weighted by molar-refractivity contribution is -0.384. The smallest absolute Gasteiger partial charge is 0.276 e. The number of benzene rings is 1. The average Bonchev–Trinajstić information content (AvgIpc) is 2.42. The molecular formula is C13H13FN4O2. The van der Waals surface area contributed by atoms with Crippen molar-refractivity contribution in [1.82, 2.24) is 4.98 Å². The number of anilines is 3. The van der Waals surface area contributed by atoms with Crippen molar-refractivity contribution >= 4 is 23.0 Å². The minimum Gasteiger partial charge on any atom is -0.373 e. The monoisotopic (exact) mass is 276 g/mol. The molecule has 0 spiro atoms. The number of nitrogens with one attached hydrogen (secondary N) is 2. The van der Waals surface area contributed by atoms with E-state index >= 15 is 0 Å². The number of para-hydroxylation sites is 1. The maximum atomic E-state index is 13.7. The van der Waals surface area contributed by atoms with Crippen molar-refractivity contribution < 1.29 is 9.31 Å². The molecule has 0 saturated carbocycles. The minimum absolute atomic E-state index is 0.124. The molecule has 6 nitrogen and oxygen atoms in total. The predicted molar refractivity (Wildman–Crippen MR) is 74.9 cm³/mol. The van der Waals surface area contributed by atoms with Crippen molar-refractivity contribution in [3.8, 4) is 0 Å². The SMILES string of the molecule is CNc1cc([N+](=O)[O-])cc(Nc2c(C)cccc2F)n1. The Labute approximate surface area is 114 Å². The number of pyridine rings is 1. The van der Waals surface area contributed by atoms with Gasteiger partial charge in [-0.05, 0) is 18.6 Å². The predicted octanol–water partition coefficient (Wildman–Crippen LogP) is 3.22. The Morgan fingerprint density at radius 3 is 2.60 bits per heavy atom. The molecule has 7 heteroatoms. The lowest BCUT2D eigenvalue weighted by Crippen LogP contribution is -2.02. The maximum Gasteiger partial charge on any atom is 0.276 e. The third kappa shape index (κ3) is 2.82. The molecule has 1 aromatic heterocycles. The summed E-state index contributed by atoms with van der Waals surface area (Å²) < 4.78 is 13.7. The summed E-state index contributed by atoms with van der Waals surface area (Å²) in [6.45, 7) is 1.74. The normalized spacial score (nSPS) is 10.2. The third-order valence-corrected chi connectivity index (χ3v) is 2.75. The van der Waals surface area contributed by atoms with Gasteiger partial charge in [0.15, 0.2) is 0 Å². The van der Waals surface area contributed by atoms with Crippen LogP contribution in [0.5, 0.6) is 0 Å². The Morgan fingerprint density at radius 1 is 1.30 bits per heavy atom. The van der Waals surface area contributed by atoms with Crippen LogP contribution in [0.1, 0.15) is 5.56 Å². The number of nitrogens with zero attached hydrogens (tertiary/aromatic N) is 2. The van der Waals surface area contributed by atoms with Crippen LogP contribution in [-0.2, 0) is 0 Å². The van der Waals surface area contributed by atoms with Crippen LogP contribution in [0.25, 0.3) is 0 Å². The number of halogens is 1. The van der Waals surface area contributed by atoms with Gasteiger partial charge in [0, 0.05) is 7.05 Å². The molecule has 0 atom stereocenters. The molecule has 0 fully saturated rings. The largest absolute Gasteiger partial charge is 0.373 e. The van der Waals surface area contributed by atoms with E-state index in [0.717, 1.165) is 0 Å². The summed E-state index contributed by atoms with van der Waals surface area (Å²) >= 11 is 0. The number of aryl methyl sites for hydroxylation is 1. The Morgan fingerprint density at radius 2 is 2.00 bits per heavy atom. The zero-order valence-corrected chi connectivity index (χ0v) is 11.0. The van der Waals surface area contributed by atoms with Gasteiger partial charge in [0.2, 0.25) is 0 Å². The van der Waals surface area contributed by atoms with Crippen LogP contribution < -0.4 is 10.6 Å². The molecule has 104 valence electrons. The highest BCUT2D eigenvalue weighted by Crippen LogP contribution is 2.26. The number of aromatic nitrogens is 1. The van der Waals surface area contributed by atoms with Gasteiger partial charge in [-0.2, -0.15) is 0 Å². The first-order chi connectivity index (χ1) is 9.51. The summed E-state index contributed by atoms with van der Waals surface area (Å²) in [6, 6.07) is 7.20. The van der Waals surface area contributed by atoms with Crippen molar-refractivity contribution in [2.45, 2.75) is 6.92 Å². The molecule has 1 heterocycles. The first-order valence-electron chi connectivity index (χ1n) is 5.87. The summed E-state index contributed by atoms with van der Waals surface area (Å²) in [4.78, 5) is 14.4. The lowest BCUT2D eigenvalue weighted by atomic mass is 10.2. The van der Waals surface area contributed by atoms with Crippen LogP contribution in [0.15, 0.2) is 30.3 Å². The molecule has 0 aliphatic carbocycles. The highest BCUT2D eigenvalue weighted by Gasteiger charge is 2.13. The van der Waals surface area contributed by atoms with E-state index in [1.54, 1.807) is 26.1 Å². The van der Waals surface area contributed by atoms with Crippen molar-refractivity contribution in [2.24, 2.45) is 0 Å². The van der Waals surface area contributed by atoms with Gasteiger partial charge in [-0.1, -0.05) is 12.1 Å². The Hall–Kier alpha value is -2.70. The fraction of sp³-hybridized carbons (Fsp3) is 0.154. The highest BCUT2D eigenvalue weighted by molar-refractivity contribution is 5.65. The van der Waals surface area contributed by atoms with Gasteiger partial charge in [-0.25, -0.2) is 9.37 Å². The van der Waals surface area contributed by atoms with Gasteiger partial charge in [0.25, 0.3) is 5.69 Å². The van der Waals surface area contributed by atoms with Gasteiger partial charge in [-0.15, -0.1) is 0 Å². The molecule has 0 unspecified atom stereocenters. The summed E-state index contributed by atoms with van der Waals surface area (Å²) in [7, 11) is 1.60. The quantitative estimate of drug-likeness (QED) is 0.662. The summed E-state index contributed by atoms with van der Waals surface area (Å²) in [5, 5.41) is 16.4. The van der Waals surface area contributed by atoms with E-state index in [9.17, 15) is 14.5 Å². The molecule has 0 aliphatic rings. The zero-order valence-electron chi connectivity index (χ0n) is 11.0. The minimum atomic E-state index is -0.526. The van der Waals surface area contributed by atoms with Gasteiger partial charge in [0.1, 0.15) is 17.5 Å². The van der Waals surface area contributed by atoms with Crippen LogP contribution in [0.3, 0.4) is 0 Å². The number of nitro groups is 1. The van der Waals surface area contributed by atoms with Gasteiger partial charge < -0.3 is 10.6 Å². The van der Waals surface area contributed by atoms with E-state index in [0.29, 0.717) is 11.4 Å². The molecular weight excluding hydrogens is 263 g/mol. The maximum absolute atomic E-state index is 13.7. The lowest BCUT2D eigenvalue weighted by Gasteiger charge is -2.10. The second kappa shape index (κ2) is 5.52. The summed E-state index contributed by atoms with van der Waals surface area (Å²) in [6.07, 6.45) is 0. The fourth-order valence-corrected chi connectivity index (χ4v) is 1.73. The highest BCUT2D eigenvalue weighted by atomic mass is 19.1. The Balaban J connectivity index is 2.43. The Bertz CT molecular complexity index is 641. The standard InChI is InChI=1S/C13H13FN4O2/c1-8-4-3-5-10(14)13(8)17-12-7-9(18(19)20)6-11(15-2)16-12/h3-7H,1-2H3,(H2,15,16,17). The van der Waals surface area contributed by atoms with Gasteiger partial charge >= 0.3 is 0 Å². The van der Waals surface area contributed by atoms with E-state index in [2.05, 4.69) is 15.6 Å². The van der Waals surface area contributed by atoms with E-state index in [1.165, 1.54) is 18.2 Å². The van der Waals surface area contributed by atoms with E-state index in [-0.39, 0.29) is 17.2 Å². The molecule has 0 radical (unpaired) electrons. The summed E-state index contributed by atoms with van der Waals surface area (Å²) in [5.74, 6) is 0.0942. The van der Waals surface area contributed by atoms with Crippen molar-refractivity contribution in [1.29, 1.82) is 0 Å². The second-order valence-electron chi connectivity index (χ2n) is 4.16. The van der Waals surface area contributed by atoms with Crippen LogP contribution in [-0.4, -0.2) is 17.0 Å². The topological polar surface area (TPSA) is 80.1 Å². The molecule has 0 amide bonds. The Kier molecular flexibility index (Phi) is 3.79. The first-order valence-corrected chi connectivity index (χ1v) is 5.87. The van der Waals surface area contributed by atoms with E-state index in [1.807, 2.05) is 0 Å². The number of hydrogen-bond acceptors (Lipinski definition) is 5. The summed E-state index contributed by atoms with van der Waals surface area (Å²) in [5.41, 5.74) is 0.813. The first kappa shape index (κ1) is 13.7. The molecule has 20 heavy (non-hydrogen) atoms. The molecule has 2 rings (SSSR count). The fourth-order valence-electron chi connectivity index (χ4n) is 1.73. The van der Waals surface area contributed by atoms with Crippen molar-refractivity contribution in [3.63, 3.8) is 0 Å². The second-order valence-corrected chi connectivity index (χ2v) is 4.16. The van der Waals surface area contributed by atoms with Gasteiger partial charge in [-0.3, -0.25) is 10.1 Å². The average molecular weight is 276 g/mol. The van der Waals surface area contributed by atoms with Crippen molar-refractivity contribution in [2.75, 3.05) is 17.7 Å².